The van der Waals surface area contributed by atoms with Crippen molar-refractivity contribution in [3.63, 3.8) is 0 Å². The number of methoxy groups -OCH3 is 1. The fourth-order valence-electron chi connectivity index (χ4n) is 1.56. The molecule has 2 aromatic rings. The molecule has 0 aliphatic heterocycles. The maximum Gasteiger partial charge on any atom is 0.331 e. The zero-order valence-corrected chi connectivity index (χ0v) is 11.4. The Hall–Kier alpha value is -2.07. The Kier molecular flexibility index (Phi) is 4.75. The predicted molar refractivity (Wildman–Crippen MR) is 76.1 cm³/mol. The van der Waals surface area contributed by atoms with Crippen molar-refractivity contribution in [1.82, 2.24) is 0 Å². The van der Waals surface area contributed by atoms with Gasteiger partial charge >= 0.3 is 5.97 Å². The quantitative estimate of drug-likeness (QED) is 0.618. The monoisotopic (exact) mass is 274 g/mol. The predicted octanol–water partition coefficient (Wildman–Crippen LogP) is 3.51. The average molecular weight is 274 g/mol. The lowest BCUT2D eigenvalue weighted by molar-refractivity contribution is -0.138. The molecule has 0 radical (unpaired) electrons. The standard InChI is InChI=1S/C15H14O3S/c1-17-14-7-3-2-5-12(14)11-18-15(16)9-8-13-6-4-10-19-13/h2-10H,11H2,1H3. The molecular formula is C15H14O3S. The first kappa shape index (κ1) is 13.4. The summed E-state index contributed by atoms with van der Waals surface area (Å²) in [7, 11) is 1.59. The van der Waals surface area contributed by atoms with Gasteiger partial charge in [0.25, 0.3) is 0 Å². The van der Waals surface area contributed by atoms with Gasteiger partial charge < -0.3 is 9.47 Å². The van der Waals surface area contributed by atoms with Gasteiger partial charge in [-0.15, -0.1) is 11.3 Å². The zero-order chi connectivity index (χ0) is 13.5. The lowest BCUT2D eigenvalue weighted by Gasteiger charge is -2.07. The van der Waals surface area contributed by atoms with E-state index in [0.717, 1.165) is 16.2 Å². The number of carbonyl (C=O) groups excluding carboxylic acids is 1. The number of rotatable bonds is 5. The third-order valence-electron chi connectivity index (χ3n) is 2.49. The summed E-state index contributed by atoms with van der Waals surface area (Å²) in [5.74, 6) is 0.358. The summed E-state index contributed by atoms with van der Waals surface area (Å²) in [5.41, 5.74) is 0.850. The number of benzene rings is 1. The molecule has 1 aromatic heterocycles. The molecule has 98 valence electrons. The number of esters is 1. The summed E-state index contributed by atoms with van der Waals surface area (Å²) in [5, 5.41) is 1.96. The fourth-order valence-corrected chi connectivity index (χ4v) is 2.17. The Morgan fingerprint density at radius 3 is 2.84 bits per heavy atom. The van der Waals surface area contributed by atoms with Crippen molar-refractivity contribution in [1.29, 1.82) is 0 Å². The number of ether oxygens (including phenoxy) is 2. The van der Waals surface area contributed by atoms with Crippen LogP contribution in [0.25, 0.3) is 6.08 Å². The molecule has 3 nitrogen and oxygen atoms in total. The lowest BCUT2D eigenvalue weighted by Crippen LogP contribution is -2.02. The summed E-state index contributed by atoms with van der Waals surface area (Å²) in [6.07, 6.45) is 3.18. The Labute approximate surface area is 116 Å². The van der Waals surface area contributed by atoms with Crippen LogP contribution in [0.4, 0.5) is 0 Å². The highest BCUT2D eigenvalue weighted by molar-refractivity contribution is 7.10. The van der Waals surface area contributed by atoms with Gasteiger partial charge in [-0.2, -0.15) is 0 Å². The molecule has 4 heteroatoms. The van der Waals surface area contributed by atoms with E-state index in [1.165, 1.54) is 6.08 Å². The van der Waals surface area contributed by atoms with Gasteiger partial charge in [0, 0.05) is 16.5 Å². The molecule has 0 amide bonds. The third kappa shape index (κ3) is 3.96. The van der Waals surface area contributed by atoms with Crippen molar-refractivity contribution in [3.8, 4) is 5.75 Å². The highest BCUT2D eigenvalue weighted by Gasteiger charge is 2.04. The molecule has 1 aromatic carbocycles. The number of thiophene rings is 1. The van der Waals surface area contributed by atoms with Crippen LogP contribution >= 0.6 is 11.3 Å². The van der Waals surface area contributed by atoms with Gasteiger partial charge in [0.05, 0.1) is 7.11 Å². The van der Waals surface area contributed by atoms with Gasteiger partial charge in [-0.1, -0.05) is 24.3 Å². The van der Waals surface area contributed by atoms with Crippen molar-refractivity contribution >= 4 is 23.4 Å². The molecule has 19 heavy (non-hydrogen) atoms. The minimum atomic E-state index is -0.362. The van der Waals surface area contributed by atoms with E-state index in [0.29, 0.717) is 0 Å². The second kappa shape index (κ2) is 6.75. The average Bonchev–Trinajstić information content (AvgIpc) is 2.96. The highest BCUT2D eigenvalue weighted by Crippen LogP contribution is 2.18. The molecule has 0 saturated heterocycles. The van der Waals surface area contributed by atoms with Crippen LogP contribution in [0, 0.1) is 0 Å². The molecular weight excluding hydrogens is 260 g/mol. The van der Waals surface area contributed by atoms with Crippen molar-refractivity contribution < 1.29 is 14.3 Å². The van der Waals surface area contributed by atoms with Crippen LogP contribution in [-0.4, -0.2) is 13.1 Å². The molecule has 0 spiro atoms. The molecule has 0 saturated carbocycles. The van der Waals surface area contributed by atoms with Crippen LogP contribution in [0.15, 0.2) is 47.9 Å². The Balaban J connectivity index is 1.90. The first-order valence-corrected chi connectivity index (χ1v) is 6.68. The minimum Gasteiger partial charge on any atom is -0.496 e. The normalized spacial score (nSPS) is 10.6. The van der Waals surface area contributed by atoms with Crippen molar-refractivity contribution in [2.24, 2.45) is 0 Å². The van der Waals surface area contributed by atoms with Crippen LogP contribution in [0.1, 0.15) is 10.4 Å². The zero-order valence-electron chi connectivity index (χ0n) is 10.5. The summed E-state index contributed by atoms with van der Waals surface area (Å²) >= 11 is 1.57. The van der Waals surface area contributed by atoms with E-state index >= 15 is 0 Å². The van der Waals surface area contributed by atoms with Crippen LogP contribution in [0.2, 0.25) is 0 Å². The topological polar surface area (TPSA) is 35.5 Å². The summed E-state index contributed by atoms with van der Waals surface area (Å²) in [6, 6.07) is 11.3. The lowest BCUT2D eigenvalue weighted by atomic mass is 10.2. The number of hydrogen-bond acceptors (Lipinski definition) is 4. The number of hydrogen-bond donors (Lipinski definition) is 0. The summed E-state index contributed by atoms with van der Waals surface area (Å²) in [4.78, 5) is 12.6. The molecule has 0 N–H and O–H groups in total. The molecule has 0 fully saturated rings. The third-order valence-corrected chi connectivity index (χ3v) is 3.33. The second-order valence-corrected chi connectivity index (χ2v) is 4.75. The van der Waals surface area contributed by atoms with Crippen molar-refractivity contribution in [2.75, 3.05) is 7.11 Å². The smallest absolute Gasteiger partial charge is 0.331 e. The van der Waals surface area contributed by atoms with Gasteiger partial charge in [0.15, 0.2) is 0 Å². The van der Waals surface area contributed by atoms with Gasteiger partial charge in [-0.3, -0.25) is 0 Å². The van der Waals surface area contributed by atoms with Gasteiger partial charge in [0.2, 0.25) is 0 Å². The van der Waals surface area contributed by atoms with E-state index < -0.39 is 0 Å². The van der Waals surface area contributed by atoms with Crippen LogP contribution < -0.4 is 4.74 Å². The van der Waals surface area contributed by atoms with E-state index in [1.807, 2.05) is 41.8 Å². The molecule has 0 aliphatic rings. The van der Waals surface area contributed by atoms with Gasteiger partial charge in [-0.25, -0.2) is 4.79 Å². The van der Waals surface area contributed by atoms with E-state index in [2.05, 4.69) is 0 Å². The van der Waals surface area contributed by atoms with Crippen molar-refractivity contribution in [3.05, 3.63) is 58.3 Å². The Morgan fingerprint density at radius 2 is 2.11 bits per heavy atom. The Morgan fingerprint density at radius 1 is 1.26 bits per heavy atom. The Bertz CT molecular complexity index is 559. The molecule has 0 bridgehead atoms. The molecule has 1 heterocycles. The molecule has 0 atom stereocenters. The minimum absolute atomic E-state index is 0.206. The van der Waals surface area contributed by atoms with Gasteiger partial charge in [0.1, 0.15) is 12.4 Å². The SMILES string of the molecule is COc1ccccc1COC(=O)C=Cc1cccs1. The number of carbonyl (C=O) groups is 1. The maximum atomic E-state index is 11.6. The summed E-state index contributed by atoms with van der Waals surface area (Å²) < 4.78 is 10.4. The first-order valence-electron chi connectivity index (χ1n) is 5.80. The van der Waals surface area contributed by atoms with E-state index in [-0.39, 0.29) is 12.6 Å². The van der Waals surface area contributed by atoms with Crippen LogP contribution in [0.5, 0.6) is 5.75 Å². The van der Waals surface area contributed by atoms with Crippen LogP contribution in [0.3, 0.4) is 0 Å². The van der Waals surface area contributed by atoms with Crippen molar-refractivity contribution in [2.45, 2.75) is 6.61 Å². The largest absolute Gasteiger partial charge is 0.496 e. The van der Waals surface area contributed by atoms with E-state index in [1.54, 1.807) is 24.5 Å². The molecule has 0 aliphatic carbocycles. The fraction of sp³-hybridized carbons (Fsp3) is 0.133. The highest BCUT2D eigenvalue weighted by atomic mass is 32.1. The molecule has 0 unspecified atom stereocenters. The van der Waals surface area contributed by atoms with E-state index in [9.17, 15) is 4.79 Å². The number of para-hydroxylation sites is 1. The van der Waals surface area contributed by atoms with Gasteiger partial charge in [-0.05, 0) is 23.6 Å². The van der Waals surface area contributed by atoms with E-state index in [4.69, 9.17) is 9.47 Å². The summed E-state index contributed by atoms with van der Waals surface area (Å²) in [6.45, 7) is 0.206. The maximum absolute atomic E-state index is 11.6. The van der Waals surface area contributed by atoms with Crippen LogP contribution in [-0.2, 0) is 16.1 Å². The second-order valence-electron chi connectivity index (χ2n) is 3.77. The first-order chi connectivity index (χ1) is 9.29. The molecule has 2 rings (SSSR count).